The number of nitrogens with one attached hydrogen (secondary N) is 2. The lowest BCUT2D eigenvalue weighted by atomic mass is 9.87. The molecule has 1 aliphatic heterocycles. The van der Waals surface area contributed by atoms with Crippen LogP contribution in [-0.2, 0) is 10.3 Å². The van der Waals surface area contributed by atoms with E-state index in [4.69, 9.17) is 0 Å². The van der Waals surface area contributed by atoms with Crippen molar-refractivity contribution in [1.82, 2.24) is 15.3 Å². The smallest absolute Gasteiger partial charge is 0.346 e. The molecule has 0 radical (unpaired) electrons. The molecule has 1 fully saturated rings. The summed E-state index contributed by atoms with van der Waals surface area (Å²) in [4.78, 5) is 28.9. The third-order valence-electron chi connectivity index (χ3n) is 5.11. The van der Waals surface area contributed by atoms with E-state index in [0.29, 0.717) is 6.42 Å². The highest BCUT2D eigenvalue weighted by Gasteiger charge is 2.51. The Labute approximate surface area is 156 Å². The number of aromatic amines is 1. The minimum Gasteiger partial charge on any atom is -0.358 e. The highest BCUT2D eigenvalue weighted by atomic mass is 16.2. The topological polar surface area (TPSA) is 77.6 Å². The third-order valence-corrected chi connectivity index (χ3v) is 5.11. The molecular formula is C21H20N4O2. The quantitative estimate of drug-likeness (QED) is 0.550. The Hall–Kier alpha value is -3.41. The number of imide groups is 1. The summed E-state index contributed by atoms with van der Waals surface area (Å²) in [6.45, 7) is 3.82. The number of carbonyl (C=O) groups is 2. The molecule has 2 aromatic carbocycles. The molecule has 6 heteroatoms. The number of fused-ring (bicyclic) bond motifs is 1. The summed E-state index contributed by atoms with van der Waals surface area (Å²) in [7, 11) is 0. The predicted molar refractivity (Wildman–Crippen MR) is 104 cm³/mol. The zero-order chi connectivity index (χ0) is 19.0. The van der Waals surface area contributed by atoms with Gasteiger partial charge in [-0.3, -0.25) is 4.79 Å². The highest BCUT2D eigenvalue weighted by Crippen LogP contribution is 2.32. The van der Waals surface area contributed by atoms with Crippen molar-refractivity contribution >= 4 is 29.1 Å². The fourth-order valence-electron chi connectivity index (χ4n) is 3.61. The molecule has 2 heterocycles. The van der Waals surface area contributed by atoms with E-state index in [0.717, 1.165) is 32.7 Å². The SMILES string of the molecule is CC[C@@]1(c2ccccc2)NC(=O)N(/N=C/c2c(C)[nH]c3ccccc23)C1=O. The van der Waals surface area contributed by atoms with Crippen LogP contribution in [0.4, 0.5) is 4.79 Å². The Kier molecular flexibility index (Phi) is 4.03. The summed E-state index contributed by atoms with van der Waals surface area (Å²) in [5.74, 6) is -0.366. The van der Waals surface area contributed by atoms with Crippen LogP contribution in [0.5, 0.6) is 0 Å². The molecule has 1 atom stereocenters. The number of benzene rings is 2. The first-order valence-electron chi connectivity index (χ1n) is 8.90. The molecule has 3 aromatic rings. The molecule has 136 valence electrons. The van der Waals surface area contributed by atoms with Crippen molar-refractivity contribution in [1.29, 1.82) is 0 Å². The summed E-state index contributed by atoms with van der Waals surface area (Å²) >= 11 is 0. The summed E-state index contributed by atoms with van der Waals surface area (Å²) in [6.07, 6.45) is 2.02. The number of H-pyrrole nitrogens is 1. The first-order chi connectivity index (χ1) is 13.1. The summed E-state index contributed by atoms with van der Waals surface area (Å²) in [5, 5.41) is 8.99. The van der Waals surface area contributed by atoms with E-state index in [1.54, 1.807) is 6.21 Å². The van der Waals surface area contributed by atoms with E-state index in [9.17, 15) is 9.59 Å². The molecule has 27 heavy (non-hydrogen) atoms. The number of aromatic nitrogens is 1. The van der Waals surface area contributed by atoms with Gasteiger partial charge in [-0.1, -0.05) is 55.5 Å². The standard InChI is InChI=1S/C21H20N4O2/c1-3-21(15-9-5-4-6-10-15)19(26)25(20(27)24-21)22-13-17-14(2)23-18-12-8-7-11-16(17)18/h4-13,23H,3H2,1-2H3,(H,24,27)/b22-13+/t21-/m0/s1. The molecule has 1 saturated heterocycles. The number of aryl methyl sites for hydroxylation is 1. The molecule has 4 rings (SSSR count). The summed E-state index contributed by atoms with van der Waals surface area (Å²) < 4.78 is 0. The summed E-state index contributed by atoms with van der Waals surface area (Å²) in [5.41, 5.74) is 2.45. The van der Waals surface area contributed by atoms with Crippen molar-refractivity contribution in [2.24, 2.45) is 5.10 Å². The fourth-order valence-corrected chi connectivity index (χ4v) is 3.61. The van der Waals surface area contributed by atoms with E-state index in [1.807, 2.05) is 68.4 Å². The Morgan fingerprint density at radius 1 is 1.07 bits per heavy atom. The lowest BCUT2D eigenvalue weighted by Gasteiger charge is -2.24. The lowest BCUT2D eigenvalue weighted by molar-refractivity contribution is -0.131. The van der Waals surface area contributed by atoms with Gasteiger partial charge in [0.05, 0.1) is 6.21 Å². The van der Waals surface area contributed by atoms with Gasteiger partial charge in [0, 0.05) is 22.2 Å². The van der Waals surface area contributed by atoms with E-state index < -0.39 is 11.6 Å². The maximum atomic E-state index is 13.1. The van der Waals surface area contributed by atoms with Crippen molar-refractivity contribution in [3.8, 4) is 0 Å². The number of urea groups is 1. The van der Waals surface area contributed by atoms with Gasteiger partial charge in [-0.2, -0.15) is 5.10 Å². The van der Waals surface area contributed by atoms with E-state index in [-0.39, 0.29) is 5.91 Å². The van der Waals surface area contributed by atoms with Gasteiger partial charge in [0.15, 0.2) is 0 Å². The van der Waals surface area contributed by atoms with Crippen LogP contribution in [-0.4, -0.2) is 28.1 Å². The zero-order valence-corrected chi connectivity index (χ0v) is 15.2. The van der Waals surface area contributed by atoms with Gasteiger partial charge in [0.1, 0.15) is 5.54 Å². The van der Waals surface area contributed by atoms with Crippen LogP contribution in [0.3, 0.4) is 0 Å². The van der Waals surface area contributed by atoms with Crippen LogP contribution in [0.15, 0.2) is 59.7 Å². The Morgan fingerprint density at radius 2 is 1.78 bits per heavy atom. The number of amides is 3. The molecule has 1 aromatic heterocycles. The highest BCUT2D eigenvalue weighted by molar-refractivity contribution is 6.08. The zero-order valence-electron chi connectivity index (χ0n) is 15.2. The van der Waals surface area contributed by atoms with Gasteiger partial charge in [-0.05, 0) is 25.0 Å². The van der Waals surface area contributed by atoms with Crippen LogP contribution in [0.1, 0.15) is 30.2 Å². The van der Waals surface area contributed by atoms with Crippen molar-refractivity contribution in [3.05, 3.63) is 71.4 Å². The maximum Gasteiger partial charge on any atom is 0.346 e. The average Bonchev–Trinajstić information content (AvgIpc) is 3.14. The number of rotatable bonds is 4. The van der Waals surface area contributed by atoms with E-state index in [1.165, 1.54) is 0 Å². The molecule has 0 aliphatic carbocycles. The van der Waals surface area contributed by atoms with Gasteiger partial charge in [0.25, 0.3) is 5.91 Å². The fraction of sp³-hybridized carbons (Fsp3) is 0.190. The molecule has 0 bridgehead atoms. The second-order valence-corrected chi connectivity index (χ2v) is 6.63. The Balaban J connectivity index is 1.70. The summed E-state index contributed by atoms with van der Waals surface area (Å²) in [6, 6.07) is 16.6. The van der Waals surface area contributed by atoms with Crippen molar-refractivity contribution in [2.45, 2.75) is 25.8 Å². The monoisotopic (exact) mass is 360 g/mol. The second kappa shape index (κ2) is 6.39. The van der Waals surface area contributed by atoms with Crippen molar-refractivity contribution < 1.29 is 9.59 Å². The minimum atomic E-state index is -1.08. The Bertz CT molecular complexity index is 1050. The van der Waals surface area contributed by atoms with Gasteiger partial charge in [-0.25, -0.2) is 4.79 Å². The minimum absolute atomic E-state index is 0.366. The van der Waals surface area contributed by atoms with Crippen LogP contribution < -0.4 is 5.32 Å². The van der Waals surface area contributed by atoms with Crippen molar-refractivity contribution in [2.75, 3.05) is 0 Å². The molecule has 0 saturated carbocycles. The maximum absolute atomic E-state index is 13.1. The van der Waals surface area contributed by atoms with Crippen LogP contribution in [0, 0.1) is 6.92 Å². The number of hydrazone groups is 1. The number of hydrogen-bond donors (Lipinski definition) is 2. The van der Waals surface area contributed by atoms with Crippen LogP contribution in [0.2, 0.25) is 0 Å². The van der Waals surface area contributed by atoms with E-state index >= 15 is 0 Å². The van der Waals surface area contributed by atoms with Crippen molar-refractivity contribution in [3.63, 3.8) is 0 Å². The van der Waals surface area contributed by atoms with Crippen LogP contribution >= 0.6 is 0 Å². The molecular weight excluding hydrogens is 340 g/mol. The normalized spacial score (nSPS) is 20.0. The number of carbonyl (C=O) groups excluding carboxylic acids is 2. The predicted octanol–water partition coefficient (Wildman–Crippen LogP) is 3.67. The number of nitrogens with zero attached hydrogens (tertiary/aromatic N) is 2. The first kappa shape index (κ1) is 17.0. The largest absolute Gasteiger partial charge is 0.358 e. The molecule has 6 nitrogen and oxygen atoms in total. The molecule has 2 N–H and O–H groups in total. The van der Waals surface area contributed by atoms with Crippen LogP contribution in [0.25, 0.3) is 10.9 Å². The Morgan fingerprint density at radius 3 is 2.52 bits per heavy atom. The third kappa shape index (κ3) is 2.61. The molecule has 0 unspecified atom stereocenters. The van der Waals surface area contributed by atoms with Gasteiger partial charge >= 0.3 is 6.03 Å². The molecule has 3 amide bonds. The lowest BCUT2D eigenvalue weighted by Crippen LogP contribution is -2.43. The molecule has 1 aliphatic rings. The average molecular weight is 360 g/mol. The van der Waals surface area contributed by atoms with Gasteiger partial charge in [-0.15, -0.1) is 5.01 Å². The van der Waals surface area contributed by atoms with Gasteiger partial charge < -0.3 is 10.3 Å². The first-order valence-corrected chi connectivity index (χ1v) is 8.90. The van der Waals surface area contributed by atoms with E-state index in [2.05, 4.69) is 15.4 Å². The second-order valence-electron chi connectivity index (χ2n) is 6.63. The van der Waals surface area contributed by atoms with Gasteiger partial charge in [0.2, 0.25) is 0 Å². The number of hydrogen-bond acceptors (Lipinski definition) is 3. The molecule has 0 spiro atoms. The number of para-hydroxylation sites is 1.